The lowest BCUT2D eigenvalue weighted by Gasteiger charge is -2.24. The molecular weight excluding hydrogens is 518 g/mol. The predicted octanol–water partition coefficient (Wildman–Crippen LogP) is 11.4. The van der Waals surface area contributed by atoms with Crippen LogP contribution < -0.4 is 5.32 Å². The molecule has 1 N–H and O–H groups in total. The van der Waals surface area contributed by atoms with Crippen molar-refractivity contribution >= 4 is 37.9 Å². The summed E-state index contributed by atoms with van der Waals surface area (Å²) in [5.74, 6) is 0.670. The Morgan fingerprint density at radius 3 is 1.88 bits per heavy atom. The second kappa shape index (κ2) is 10.9. The number of hydrogen-bond acceptors (Lipinski definition) is 1. The molecule has 1 aliphatic carbocycles. The number of rotatable bonds is 4. The van der Waals surface area contributed by atoms with Gasteiger partial charge in [0.1, 0.15) is 0 Å². The monoisotopic (exact) mass is 555 g/mol. The predicted molar refractivity (Wildman–Crippen MR) is 185 cm³/mol. The zero-order valence-corrected chi connectivity index (χ0v) is 24.9. The van der Waals surface area contributed by atoms with Crippen molar-refractivity contribution < 1.29 is 0 Å². The van der Waals surface area contributed by atoms with Crippen molar-refractivity contribution in [2.45, 2.75) is 44.9 Å². The Hall–Kier alpha value is -4.62. The van der Waals surface area contributed by atoms with Gasteiger partial charge < -0.3 is 5.32 Å². The summed E-state index contributed by atoms with van der Waals surface area (Å²) in [6.07, 6.45) is 11.1. The molecule has 43 heavy (non-hydrogen) atoms. The molecule has 6 aromatic carbocycles. The van der Waals surface area contributed by atoms with Crippen LogP contribution in [-0.2, 0) is 0 Å². The first-order valence-electron chi connectivity index (χ1n) is 15.9. The van der Waals surface area contributed by atoms with Gasteiger partial charge in [-0.15, -0.1) is 0 Å². The van der Waals surface area contributed by atoms with E-state index in [1.54, 1.807) is 0 Å². The van der Waals surface area contributed by atoms with Gasteiger partial charge in [-0.25, -0.2) is 0 Å². The summed E-state index contributed by atoms with van der Waals surface area (Å²) in [5.41, 5.74) is 10.6. The van der Waals surface area contributed by atoms with Gasteiger partial charge in [-0.3, -0.25) is 0 Å². The Labute approximate surface area is 254 Å². The molecule has 1 nitrogen and oxygen atoms in total. The van der Waals surface area contributed by atoms with Crippen LogP contribution in [0, 0.1) is 0 Å². The molecule has 1 heterocycles. The fraction of sp³-hybridized carbons (Fsp3) is 0.190. The normalized spacial score (nSPS) is 15.8. The van der Waals surface area contributed by atoms with E-state index in [0.29, 0.717) is 5.92 Å². The summed E-state index contributed by atoms with van der Waals surface area (Å²) in [4.78, 5) is 0. The summed E-state index contributed by atoms with van der Waals surface area (Å²) in [7, 11) is 0. The minimum absolute atomic E-state index is 0.670. The highest BCUT2D eigenvalue weighted by Gasteiger charge is 2.21. The van der Waals surface area contributed by atoms with E-state index in [0.717, 1.165) is 6.54 Å². The average molecular weight is 556 g/mol. The van der Waals surface area contributed by atoms with Crippen molar-refractivity contribution in [3.8, 4) is 22.3 Å². The summed E-state index contributed by atoms with van der Waals surface area (Å²) >= 11 is 0. The molecule has 1 heteroatoms. The van der Waals surface area contributed by atoms with Crippen LogP contribution in [0.1, 0.15) is 56.1 Å². The fourth-order valence-corrected chi connectivity index (χ4v) is 7.80. The van der Waals surface area contributed by atoms with Crippen LogP contribution in [0.5, 0.6) is 0 Å². The number of hydrogen-bond donors (Lipinski definition) is 1. The lowest BCUT2D eigenvalue weighted by molar-refractivity contribution is 0.445. The van der Waals surface area contributed by atoms with Gasteiger partial charge in [0.25, 0.3) is 0 Å². The van der Waals surface area contributed by atoms with Crippen LogP contribution in [0.2, 0.25) is 0 Å². The van der Waals surface area contributed by atoms with E-state index < -0.39 is 0 Å². The number of benzene rings is 6. The molecule has 0 saturated heterocycles. The maximum Gasteiger partial charge on any atom is 0.0331 e. The molecule has 0 bridgehead atoms. The zero-order chi connectivity index (χ0) is 28.8. The molecule has 0 radical (unpaired) electrons. The number of nitrogens with one attached hydrogen (secondary N) is 1. The fourth-order valence-electron chi connectivity index (χ4n) is 7.80. The van der Waals surface area contributed by atoms with E-state index in [2.05, 4.69) is 134 Å². The first kappa shape index (κ1) is 26.0. The zero-order valence-electron chi connectivity index (χ0n) is 24.9. The molecule has 6 aromatic rings. The van der Waals surface area contributed by atoms with E-state index in [1.165, 1.54) is 109 Å². The first-order chi connectivity index (χ1) is 21.3. The van der Waals surface area contributed by atoms with E-state index >= 15 is 0 Å². The molecule has 8 rings (SSSR count). The third kappa shape index (κ3) is 4.46. The van der Waals surface area contributed by atoms with E-state index in [9.17, 15) is 0 Å². The Balaban J connectivity index is 1.39. The molecule has 210 valence electrons. The minimum atomic E-state index is 0.670. The highest BCUT2D eigenvalue weighted by molar-refractivity contribution is 6.23. The van der Waals surface area contributed by atoms with Gasteiger partial charge in [0.2, 0.25) is 0 Å². The molecule has 0 aromatic heterocycles. The molecule has 1 aliphatic heterocycles. The van der Waals surface area contributed by atoms with Crippen LogP contribution in [0.4, 0.5) is 0 Å². The maximum atomic E-state index is 3.41. The lowest BCUT2D eigenvalue weighted by atomic mass is 9.80. The minimum Gasteiger partial charge on any atom is -0.387 e. The molecular formula is C42H37N. The van der Waals surface area contributed by atoms with Crippen LogP contribution in [0.15, 0.2) is 127 Å². The average Bonchev–Trinajstić information content (AvgIpc) is 3.07. The summed E-state index contributed by atoms with van der Waals surface area (Å²) in [6, 6.07) is 41.2. The van der Waals surface area contributed by atoms with Crippen molar-refractivity contribution in [2.75, 3.05) is 6.54 Å². The van der Waals surface area contributed by atoms with Gasteiger partial charge in [-0.1, -0.05) is 128 Å². The van der Waals surface area contributed by atoms with Gasteiger partial charge in [0.05, 0.1) is 0 Å². The summed E-state index contributed by atoms with van der Waals surface area (Å²) < 4.78 is 0. The van der Waals surface area contributed by atoms with Gasteiger partial charge in [0, 0.05) is 18.3 Å². The Morgan fingerprint density at radius 2 is 1.16 bits per heavy atom. The van der Waals surface area contributed by atoms with Crippen molar-refractivity contribution in [3.05, 3.63) is 138 Å². The third-order valence-electron chi connectivity index (χ3n) is 9.86. The summed E-state index contributed by atoms with van der Waals surface area (Å²) in [5, 5.41) is 11.4. The molecule has 0 spiro atoms. The molecule has 1 fully saturated rings. The maximum absolute atomic E-state index is 3.41. The van der Waals surface area contributed by atoms with Crippen molar-refractivity contribution in [1.29, 1.82) is 0 Å². The van der Waals surface area contributed by atoms with Crippen molar-refractivity contribution in [3.63, 3.8) is 0 Å². The Kier molecular flexibility index (Phi) is 6.60. The molecule has 0 atom stereocenters. The topological polar surface area (TPSA) is 12.0 Å². The highest BCUT2D eigenvalue weighted by Crippen LogP contribution is 2.46. The second-order valence-corrected chi connectivity index (χ2v) is 12.4. The summed E-state index contributed by atoms with van der Waals surface area (Å²) in [6.45, 7) is 3.10. The van der Waals surface area contributed by atoms with Gasteiger partial charge in [-0.2, -0.15) is 0 Å². The Bertz CT molecular complexity index is 2010. The largest absolute Gasteiger partial charge is 0.387 e. The van der Waals surface area contributed by atoms with Crippen molar-refractivity contribution in [1.82, 2.24) is 5.32 Å². The lowest BCUT2D eigenvalue weighted by Crippen LogP contribution is -2.11. The Morgan fingerprint density at radius 1 is 0.558 bits per heavy atom. The van der Waals surface area contributed by atoms with Crippen LogP contribution >= 0.6 is 0 Å². The second-order valence-electron chi connectivity index (χ2n) is 12.4. The molecule has 2 aliphatic rings. The van der Waals surface area contributed by atoms with Crippen molar-refractivity contribution in [2.24, 2.45) is 0 Å². The molecule has 0 unspecified atom stereocenters. The highest BCUT2D eigenvalue weighted by atomic mass is 14.8. The smallest absolute Gasteiger partial charge is 0.0331 e. The first-order valence-corrected chi connectivity index (χ1v) is 15.9. The van der Waals surface area contributed by atoms with E-state index in [-0.39, 0.29) is 0 Å². The van der Waals surface area contributed by atoms with Gasteiger partial charge in [-0.05, 0) is 103 Å². The van der Waals surface area contributed by atoms with Crippen LogP contribution in [-0.4, -0.2) is 6.54 Å². The van der Waals surface area contributed by atoms with Gasteiger partial charge >= 0.3 is 0 Å². The number of dihydropyridines is 1. The SMILES string of the molecule is CC1=CCNC=C1c1cccc(-c2c3ccccc3c(-c3cccc4c(C5CCCCC5)cccc34)c3ccccc23)c1. The number of fused-ring (bicyclic) bond motifs is 3. The molecule has 1 saturated carbocycles. The van der Waals surface area contributed by atoms with Gasteiger partial charge in [0.15, 0.2) is 0 Å². The quantitative estimate of drug-likeness (QED) is 0.213. The van der Waals surface area contributed by atoms with Crippen LogP contribution in [0.25, 0.3) is 60.1 Å². The third-order valence-corrected chi connectivity index (χ3v) is 9.86. The van der Waals surface area contributed by atoms with Crippen LogP contribution in [0.3, 0.4) is 0 Å². The standard InChI is InChI=1S/C42H37N/c1-28-24-25-43-27-40(28)30-14-9-15-31(26-30)41-36-16-5-7-18-38(36)42(39-19-8-6-17-37(39)41)35-23-11-21-33-32(20-10-22-34(33)35)29-12-3-2-4-13-29/h5-11,14-24,26-27,29,43H,2-4,12-13,25H2,1H3. The molecule has 0 amide bonds. The van der Waals surface area contributed by atoms with E-state index in [1.807, 2.05) is 0 Å². The van der Waals surface area contributed by atoms with E-state index in [4.69, 9.17) is 0 Å². The number of allylic oxidation sites excluding steroid dienone is 2.